The number of nitrogens with one attached hydrogen (secondary N) is 2. The van der Waals surface area contributed by atoms with Crippen LogP contribution in [0.5, 0.6) is 0 Å². The first-order chi connectivity index (χ1) is 13.0. The molecule has 0 spiro atoms. The van der Waals surface area contributed by atoms with Gasteiger partial charge in [-0.25, -0.2) is 4.39 Å². The van der Waals surface area contributed by atoms with Gasteiger partial charge in [0.05, 0.1) is 0 Å². The van der Waals surface area contributed by atoms with Gasteiger partial charge in [-0.05, 0) is 43.9 Å². The highest BCUT2D eigenvalue weighted by Gasteiger charge is 2.41. The summed E-state index contributed by atoms with van der Waals surface area (Å²) in [4.78, 5) is 28.6. The fourth-order valence-corrected chi connectivity index (χ4v) is 4.59. The molecule has 27 heavy (non-hydrogen) atoms. The molecule has 0 radical (unpaired) electrons. The second-order valence-electron chi connectivity index (χ2n) is 7.34. The number of carbonyl (C=O) groups is 1. The van der Waals surface area contributed by atoms with Crippen molar-refractivity contribution in [2.75, 3.05) is 0 Å². The van der Waals surface area contributed by atoms with Crippen molar-refractivity contribution in [2.24, 2.45) is 0 Å². The second-order valence-corrected chi connectivity index (χ2v) is 7.75. The van der Waals surface area contributed by atoms with E-state index in [1.165, 1.54) is 18.3 Å². The van der Waals surface area contributed by atoms with Gasteiger partial charge in [0.25, 0.3) is 5.91 Å². The number of piperidine rings is 1. The van der Waals surface area contributed by atoms with Crippen molar-refractivity contribution in [3.63, 3.8) is 0 Å². The van der Waals surface area contributed by atoms with E-state index in [-0.39, 0.29) is 23.3 Å². The molecule has 2 aliphatic rings. The van der Waals surface area contributed by atoms with Gasteiger partial charge in [0.1, 0.15) is 5.82 Å². The van der Waals surface area contributed by atoms with Gasteiger partial charge in [-0.3, -0.25) is 14.5 Å². The van der Waals surface area contributed by atoms with E-state index in [4.69, 9.17) is 11.6 Å². The Balaban J connectivity index is 1.43. The van der Waals surface area contributed by atoms with Crippen LogP contribution in [0, 0.1) is 5.82 Å². The lowest BCUT2D eigenvalue weighted by atomic mass is 9.96. The van der Waals surface area contributed by atoms with Crippen LogP contribution in [0.1, 0.15) is 41.6 Å². The molecule has 5 nitrogen and oxygen atoms in total. The van der Waals surface area contributed by atoms with E-state index in [0.717, 1.165) is 25.7 Å². The van der Waals surface area contributed by atoms with Crippen LogP contribution in [0.3, 0.4) is 0 Å². The zero-order valence-corrected chi connectivity index (χ0v) is 15.5. The molecule has 0 aliphatic carbocycles. The Hall–Kier alpha value is -2.18. The summed E-state index contributed by atoms with van der Waals surface area (Å²) in [6.45, 7) is 0.496. The summed E-state index contributed by atoms with van der Waals surface area (Å²) in [5.74, 6) is -0.497. The first-order valence-corrected chi connectivity index (χ1v) is 9.57. The summed E-state index contributed by atoms with van der Waals surface area (Å²) in [5, 5.41) is 3.51. The third-order valence-corrected chi connectivity index (χ3v) is 6.01. The second kappa shape index (κ2) is 7.44. The maximum Gasteiger partial charge on any atom is 0.251 e. The summed E-state index contributed by atoms with van der Waals surface area (Å²) >= 11 is 6.19. The van der Waals surface area contributed by atoms with Crippen LogP contribution in [0.15, 0.2) is 41.3 Å². The number of nitrogens with zero attached hydrogens (tertiary/aromatic N) is 1. The fraction of sp³-hybridized carbons (Fsp3) is 0.400. The number of H-pyrrole nitrogens is 1. The summed E-state index contributed by atoms with van der Waals surface area (Å²) in [7, 11) is 0. The molecule has 1 amide bonds. The molecule has 2 bridgehead atoms. The number of pyridine rings is 1. The van der Waals surface area contributed by atoms with E-state index in [1.54, 1.807) is 18.2 Å². The van der Waals surface area contributed by atoms with Crippen molar-refractivity contribution in [3.8, 4) is 0 Å². The van der Waals surface area contributed by atoms with Crippen molar-refractivity contribution >= 4 is 17.5 Å². The number of benzene rings is 1. The molecule has 2 aliphatic heterocycles. The molecule has 2 fully saturated rings. The van der Waals surface area contributed by atoms with Crippen LogP contribution in [0.25, 0.3) is 0 Å². The van der Waals surface area contributed by atoms with Gasteiger partial charge in [-0.15, -0.1) is 0 Å². The Kier molecular flexibility index (Phi) is 5.02. The standard InChI is InChI=1S/C20H21ClFN3O2/c21-17-2-1-3-18(22)16(17)11-25-14-4-5-15(25)10-13(9-14)24-20(27)12-6-7-23-19(26)8-12/h1-3,6-8,13-15H,4-5,9-11H2,(H,23,26)(H,24,27). The molecule has 2 unspecified atom stereocenters. The number of hydrogen-bond donors (Lipinski definition) is 2. The number of carbonyl (C=O) groups excluding carboxylic acids is 1. The van der Waals surface area contributed by atoms with E-state index < -0.39 is 0 Å². The van der Waals surface area contributed by atoms with Gasteiger partial charge in [-0.2, -0.15) is 0 Å². The molecule has 4 rings (SSSR count). The van der Waals surface area contributed by atoms with E-state index in [0.29, 0.717) is 34.8 Å². The molecule has 2 atom stereocenters. The Bertz CT molecular complexity index is 882. The third kappa shape index (κ3) is 3.77. The number of fused-ring (bicyclic) bond motifs is 2. The van der Waals surface area contributed by atoms with E-state index in [1.807, 2.05) is 0 Å². The van der Waals surface area contributed by atoms with Crippen molar-refractivity contribution in [1.82, 2.24) is 15.2 Å². The number of hydrogen-bond acceptors (Lipinski definition) is 3. The smallest absolute Gasteiger partial charge is 0.251 e. The molecular weight excluding hydrogens is 369 g/mol. The molecule has 2 saturated heterocycles. The maximum absolute atomic E-state index is 14.2. The summed E-state index contributed by atoms with van der Waals surface area (Å²) < 4.78 is 14.2. The van der Waals surface area contributed by atoms with Gasteiger partial charge in [0.15, 0.2) is 0 Å². The van der Waals surface area contributed by atoms with Crippen LogP contribution in [0.2, 0.25) is 5.02 Å². The van der Waals surface area contributed by atoms with Crippen LogP contribution in [0.4, 0.5) is 4.39 Å². The molecule has 7 heteroatoms. The lowest BCUT2D eigenvalue weighted by molar-refractivity contribution is 0.0825. The highest BCUT2D eigenvalue weighted by molar-refractivity contribution is 6.31. The van der Waals surface area contributed by atoms with Crippen molar-refractivity contribution < 1.29 is 9.18 Å². The SMILES string of the molecule is O=C(NC1CC2CCC(C1)N2Cc1c(F)cccc1Cl)c1cc[nH]c(=O)c1. The Morgan fingerprint density at radius 1 is 1.26 bits per heavy atom. The molecule has 1 aromatic carbocycles. The van der Waals surface area contributed by atoms with Gasteiger partial charge in [-0.1, -0.05) is 17.7 Å². The molecule has 3 heterocycles. The van der Waals surface area contributed by atoms with Crippen molar-refractivity contribution in [3.05, 3.63) is 68.8 Å². The number of amides is 1. The zero-order valence-electron chi connectivity index (χ0n) is 14.8. The number of rotatable bonds is 4. The van der Waals surface area contributed by atoms with Gasteiger partial charge >= 0.3 is 0 Å². The predicted molar refractivity (Wildman–Crippen MR) is 101 cm³/mol. The molecular formula is C20H21ClFN3O2. The lowest BCUT2D eigenvalue weighted by Gasteiger charge is -2.39. The molecule has 0 saturated carbocycles. The monoisotopic (exact) mass is 389 g/mol. The molecule has 2 N–H and O–H groups in total. The summed E-state index contributed by atoms with van der Waals surface area (Å²) in [6.07, 6.45) is 5.18. The lowest BCUT2D eigenvalue weighted by Crippen LogP contribution is -2.50. The van der Waals surface area contributed by atoms with Gasteiger partial charge < -0.3 is 10.3 Å². The average Bonchev–Trinajstić information content (AvgIpc) is 2.86. The van der Waals surface area contributed by atoms with Gasteiger partial charge in [0, 0.05) is 53.1 Å². The number of aromatic nitrogens is 1. The average molecular weight is 390 g/mol. The zero-order chi connectivity index (χ0) is 19.0. The highest BCUT2D eigenvalue weighted by Crippen LogP contribution is 2.38. The number of halogens is 2. The van der Waals surface area contributed by atoms with Crippen LogP contribution in [-0.2, 0) is 6.54 Å². The Labute approximate surface area is 161 Å². The maximum atomic E-state index is 14.2. The molecule has 1 aromatic heterocycles. The highest BCUT2D eigenvalue weighted by atomic mass is 35.5. The van der Waals surface area contributed by atoms with Crippen LogP contribution in [-0.4, -0.2) is 33.9 Å². The first kappa shape index (κ1) is 18.2. The van der Waals surface area contributed by atoms with Crippen molar-refractivity contribution in [1.29, 1.82) is 0 Å². The first-order valence-electron chi connectivity index (χ1n) is 9.19. The third-order valence-electron chi connectivity index (χ3n) is 5.66. The van der Waals surface area contributed by atoms with E-state index in [2.05, 4.69) is 15.2 Å². The van der Waals surface area contributed by atoms with Crippen LogP contribution >= 0.6 is 11.6 Å². The largest absolute Gasteiger partial charge is 0.349 e. The summed E-state index contributed by atoms with van der Waals surface area (Å²) in [6, 6.07) is 8.33. The Morgan fingerprint density at radius 3 is 2.67 bits per heavy atom. The number of aromatic amines is 1. The minimum Gasteiger partial charge on any atom is -0.349 e. The minimum absolute atomic E-state index is 0.0571. The molecule has 2 aromatic rings. The normalized spacial score (nSPS) is 24.7. The Morgan fingerprint density at radius 2 is 2.00 bits per heavy atom. The topological polar surface area (TPSA) is 65.2 Å². The molecule has 142 valence electrons. The van der Waals surface area contributed by atoms with E-state index >= 15 is 0 Å². The van der Waals surface area contributed by atoms with Gasteiger partial charge in [0.2, 0.25) is 5.56 Å². The summed E-state index contributed by atoms with van der Waals surface area (Å²) in [5.41, 5.74) is 0.619. The fourth-order valence-electron chi connectivity index (χ4n) is 4.37. The van der Waals surface area contributed by atoms with Crippen molar-refractivity contribution in [2.45, 2.75) is 50.4 Å². The quantitative estimate of drug-likeness (QED) is 0.844. The predicted octanol–water partition coefficient (Wildman–Crippen LogP) is 3.09. The van der Waals surface area contributed by atoms with Crippen LogP contribution < -0.4 is 10.9 Å². The minimum atomic E-state index is -0.292. The van der Waals surface area contributed by atoms with E-state index in [9.17, 15) is 14.0 Å².